The van der Waals surface area contributed by atoms with Gasteiger partial charge in [0.25, 0.3) is 0 Å². The fraction of sp³-hybridized carbons (Fsp3) is 0.438. The molecule has 0 spiro atoms. The van der Waals surface area contributed by atoms with Crippen LogP contribution in [0, 0.1) is 5.82 Å². The number of nitrogens with zero attached hydrogens (tertiary/aromatic N) is 5. The zero-order valence-corrected chi connectivity index (χ0v) is 13.5. The van der Waals surface area contributed by atoms with Crippen LogP contribution in [-0.4, -0.2) is 41.1 Å². The van der Waals surface area contributed by atoms with Crippen LogP contribution in [0.5, 0.6) is 0 Å². The number of rotatable bonds is 3. The maximum atomic E-state index is 13.9. The molecule has 5 nitrogen and oxygen atoms in total. The van der Waals surface area contributed by atoms with Crippen LogP contribution in [0.25, 0.3) is 0 Å². The number of piperidine rings is 1. The van der Waals surface area contributed by atoms with Gasteiger partial charge >= 0.3 is 6.18 Å². The third kappa shape index (κ3) is 3.80. The minimum Gasteiger partial charge on any atom is -0.355 e. The van der Waals surface area contributed by atoms with Gasteiger partial charge in [-0.1, -0.05) is 0 Å². The zero-order valence-electron chi connectivity index (χ0n) is 13.5. The normalized spacial score (nSPS) is 18.3. The molecule has 0 bridgehead atoms. The summed E-state index contributed by atoms with van der Waals surface area (Å²) in [6, 6.07) is 3.69. The highest BCUT2D eigenvalue weighted by molar-refractivity contribution is 5.44. The molecule has 1 aliphatic rings. The smallest absolute Gasteiger partial charge is 0.355 e. The van der Waals surface area contributed by atoms with Crippen molar-refractivity contribution in [2.45, 2.75) is 25.1 Å². The van der Waals surface area contributed by atoms with Gasteiger partial charge in [0.05, 0.1) is 0 Å². The van der Waals surface area contributed by atoms with Crippen molar-refractivity contribution in [2.75, 3.05) is 29.9 Å². The standard InChI is InChI=1S/C16H17F4N5/c1-24(14-8-13(16(18,19)20)22-10-23-14)11-4-3-7-25(9-11)15-12(17)5-2-6-21-15/h2,5-6,8,10-11H,3-4,7,9H2,1H3. The molecule has 0 amide bonds. The number of hydrogen-bond acceptors (Lipinski definition) is 5. The maximum absolute atomic E-state index is 13.9. The average Bonchev–Trinajstić information content (AvgIpc) is 2.61. The molecule has 2 aromatic rings. The van der Waals surface area contributed by atoms with Crippen molar-refractivity contribution in [1.29, 1.82) is 0 Å². The minimum absolute atomic E-state index is 0.105. The van der Waals surface area contributed by atoms with Gasteiger partial charge in [-0.25, -0.2) is 19.3 Å². The fourth-order valence-corrected chi connectivity index (χ4v) is 2.96. The molecule has 3 rings (SSSR count). The van der Waals surface area contributed by atoms with E-state index in [4.69, 9.17) is 0 Å². The topological polar surface area (TPSA) is 45.2 Å². The highest BCUT2D eigenvalue weighted by Gasteiger charge is 2.34. The van der Waals surface area contributed by atoms with Gasteiger partial charge < -0.3 is 9.80 Å². The molecule has 1 aliphatic heterocycles. The van der Waals surface area contributed by atoms with Crippen molar-refractivity contribution < 1.29 is 17.6 Å². The van der Waals surface area contributed by atoms with Crippen molar-refractivity contribution >= 4 is 11.6 Å². The van der Waals surface area contributed by atoms with Crippen molar-refractivity contribution in [2.24, 2.45) is 0 Å². The highest BCUT2D eigenvalue weighted by Crippen LogP contribution is 2.30. The van der Waals surface area contributed by atoms with Crippen LogP contribution in [0.2, 0.25) is 0 Å². The summed E-state index contributed by atoms with van der Waals surface area (Å²) in [5, 5.41) is 0. The first kappa shape index (κ1) is 17.4. The SMILES string of the molecule is CN(c1cc(C(F)(F)F)ncn1)C1CCCN(c2ncccc2F)C1. The number of halogens is 4. The summed E-state index contributed by atoms with van der Waals surface area (Å²) >= 11 is 0. The van der Waals surface area contributed by atoms with E-state index in [0.717, 1.165) is 25.2 Å². The van der Waals surface area contributed by atoms with E-state index in [1.54, 1.807) is 11.9 Å². The van der Waals surface area contributed by atoms with Gasteiger partial charge in [-0.2, -0.15) is 13.2 Å². The van der Waals surface area contributed by atoms with Crippen LogP contribution >= 0.6 is 0 Å². The predicted molar refractivity (Wildman–Crippen MR) is 84.9 cm³/mol. The Kier molecular flexibility index (Phi) is 4.73. The second-order valence-electron chi connectivity index (χ2n) is 5.92. The first-order valence-electron chi connectivity index (χ1n) is 7.84. The largest absolute Gasteiger partial charge is 0.433 e. The van der Waals surface area contributed by atoms with Crippen molar-refractivity contribution in [1.82, 2.24) is 15.0 Å². The number of likely N-dealkylation sites (N-methyl/N-ethyl adjacent to an activating group) is 1. The van der Waals surface area contributed by atoms with E-state index in [9.17, 15) is 17.6 Å². The molecule has 25 heavy (non-hydrogen) atoms. The number of aromatic nitrogens is 3. The van der Waals surface area contributed by atoms with Gasteiger partial charge in [0, 0.05) is 38.4 Å². The highest BCUT2D eigenvalue weighted by atomic mass is 19.4. The van der Waals surface area contributed by atoms with Crippen LogP contribution in [0.4, 0.5) is 29.2 Å². The Morgan fingerprint density at radius 2 is 2.04 bits per heavy atom. The van der Waals surface area contributed by atoms with Crippen LogP contribution < -0.4 is 9.80 Å². The lowest BCUT2D eigenvalue weighted by molar-refractivity contribution is -0.141. The molecule has 1 unspecified atom stereocenters. The molecule has 2 aromatic heterocycles. The summed E-state index contributed by atoms with van der Waals surface area (Å²) in [4.78, 5) is 14.8. The van der Waals surface area contributed by atoms with E-state index < -0.39 is 17.7 Å². The first-order valence-corrected chi connectivity index (χ1v) is 7.84. The molecule has 9 heteroatoms. The van der Waals surface area contributed by atoms with Crippen LogP contribution in [0.15, 0.2) is 30.7 Å². The lowest BCUT2D eigenvalue weighted by Crippen LogP contribution is -2.47. The second kappa shape index (κ2) is 6.81. The average molecular weight is 355 g/mol. The van der Waals surface area contributed by atoms with Gasteiger partial charge in [-0.15, -0.1) is 0 Å². The lowest BCUT2D eigenvalue weighted by atomic mass is 10.0. The third-order valence-corrected chi connectivity index (χ3v) is 4.29. The number of anilines is 2. The Morgan fingerprint density at radius 1 is 1.24 bits per heavy atom. The van der Waals surface area contributed by atoms with Crippen molar-refractivity contribution in [3.63, 3.8) is 0 Å². The Balaban J connectivity index is 1.79. The van der Waals surface area contributed by atoms with E-state index in [1.165, 1.54) is 18.3 Å². The Morgan fingerprint density at radius 3 is 2.76 bits per heavy atom. The fourth-order valence-electron chi connectivity index (χ4n) is 2.96. The summed E-state index contributed by atoms with van der Waals surface area (Å²) < 4.78 is 52.4. The lowest BCUT2D eigenvalue weighted by Gasteiger charge is -2.38. The Hall–Kier alpha value is -2.45. The van der Waals surface area contributed by atoms with E-state index in [2.05, 4.69) is 15.0 Å². The first-order chi connectivity index (χ1) is 11.9. The number of alkyl halides is 3. The number of hydrogen-bond donors (Lipinski definition) is 0. The second-order valence-corrected chi connectivity index (χ2v) is 5.92. The van der Waals surface area contributed by atoms with Gasteiger partial charge in [0.2, 0.25) is 0 Å². The molecule has 1 atom stereocenters. The van der Waals surface area contributed by atoms with Gasteiger partial charge in [-0.05, 0) is 25.0 Å². The summed E-state index contributed by atoms with van der Waals surface area (Å²) in [5.41, 5.74) is -0.979. The molecule has 0 radical (unpaired) electrons. The van der Waals surface area contributed by atoms with Crippen LogP contribution in [0.1, 0.15) is 18.5 Å². The van der Waals surface area contributed by atoms with Crippen LogP contribution in [-0.2, 0) is 6.18 Å². The molecule has 134 valence electrons. The van der Waals surface area contributed by atoms with Gasteiger partial charge in [0.1, 0.15) is 17.8 Å². The Bertz CT molecular complexity index is 736. The molecular formula is C16H17F4N5. The quantitative estimate of drug-likeness (QED) is 0.792. The molecule has 0 N–H and O–H groups in total. The molecular weight excluding hydrogens is 338 g/mol. The van der Waals surface area contributed by atoms with E-state index >= 15 is 0 Å². The molecule has 0 aliphatic carbocycles. The molecule has 0 saturated carbocycles. The zero-order chi connectivity index (χ0) is 18.0. The molecule has 0 aromatic carbocycles. The third-order valence-electron chi connectivity index (χ3n) is 4.29. The summed E-state index contributed by atoms with van der Waals surface area (Å²) in [5.74, 6) is 0.0436. The minimum atomic E-state index is -4.52. The van der Waals surface area contributed by atoms with Crippen LogP contribution in [0.3, 0.4) is 0 Å². The van der Waals surface area contributed by atoms with Crippen molar-refractivity contribution in [3.05, 3.63) is 42.2 Å². The van der Waals surface area contributed by atoms with E-state index in [1.807, 2.05) is 4.90 Å². The summed E-state index contributed by atoms with van der Waals surface area (Å²) in [6.07, 6.45) is -0.539. The summed E-state index contributed by atoms with van der Waals surface area (Å²) in [6.45, 7) is 1.10. The van der Waals surface area contributed by atoms with E-state index in [-0.39, 0.29) is 17.7 Å². The van der Waals surface area contributed by atoms with Gasteiger partial charge in [0.15, 0.2) is 11.6 Å². The molecule has 1 saturated heterocycles. The van der Waals surface area contributed by atoms with E-state index in [0.29, 0.717) is 13.1 Å². The maximum Gasteiger partial charge on any atom is 0.433 e. The molecule has 1 fully saturated rings. The molecule has 3 heterocycles. The van der Waals surface area contributed by atoms with Gasteiger partial charge in [-0.3, -0.25) is 0 Å². The number of pyridine rings is 1. The predicted octanol–water partition coefficient (Wildman–Crippen LogP) is 3.13. The monoisotopic (exact) mass is 355 g/mol. The Labute approximate surface area is 142 Å². The van der Waals surface area contributed by atoms with Crippen molar-refractivity contribution in [3.8, 4) is 0 Å². The summed E-state index contributed by atoms with van der Waals surface area (Å²) in [7, 11) is 1.69.